The van der Waals surface area contributed by atoms with E-state index in [9.17, 15) is 4.79 Å². The predicted octanol–water partition coefficient (Wildman–Crippen LogP) is 4.46. The van der Waals surface area contributed by atoms with Crippen LogP contribution in [0.15, 0.2) is 64.0 Å². The number of hydrogen-bond acceptors (Lipinski definition) is 4. The minimum absolute atomic E-state index is 0.182. The van der Waals surface area contributed by atoms with Crippen LogP contribution in [-0.4, -0.2) is 16.7 Å². The fourth-order valence-electron chi connectivity index (χ4n) is 2.33. The van der Waals surface area contributed by atoms with Crippen LogP contribution in [0.5, 0.6) is 5.75 Å². The highest BCUT2D eigenvalue weighted by Gasteiger charge is 2.11. The van der Waals surface area contributed by atoms with Crippen LogP contribution in [0.2, 0.25) is 5.02 Å². The van der Waals surface area contributed by atoms with E-state index >= 15 is 0 Å². The first-order chi connectivity index (χ1) is 12.1. The van der Waals surface area contributed by atoms with Gasteiger partial charge in [0, 0.05) is 4.47 Å². The zero-order valence-corrected chi connectivity index (χ0v) is 15.7. The van der Waals surface area contributed by atoms with Gasteiger partial charge in [-0.25, -0.2) is 0 Å². The summed E-state index contributed by atoms with van der Waals surface area (Å²) in [6, 6.07) is 15.3. The van der Waals surface area contributed by atoms with E-state index in [4.69, 9.17) is 16.3 Å². The zero-order chi connectivity index (χ0) is 17.8. The quantitative estimate of drug-likeness (QED) is 0.662. The Bertz CT molecular complexity index is 945. The molecule has 0 aliphatic carbocycles. The minimum atomic E-state index is -0.444. The largest absolute Gasteiger partial charge is 0.490 e. The molecule has 3 aromatic rings. The van der Waals surface area contributed by atoms with Gasteiger partial charge in [0.1, 0.15) is 0 Å². The average molecular weight is 421 g/mol. The first-order valence-corrected chi connectivity index (χ1v) is 8.65. The van der Waals surface area contributed by atoms with Gasteiger partial charge in [-0.15, -0.1) is 0 Å². The molecule has 5 nitrogen and oxygen atoms in total. The Morgan fingerprint density at radius 3 is 2.72 bits per heavy atom. The van der Waals surface area contributed by atoms with Crippen LogP contribution < -0.4 is 15.6 Å². The summed E-state index contributed by atoms with van der Waals surface area (Å²) in [6.07, 6.45) is 1.64. The molecular formula is C18H15BrClN3O2. The van der Waals surface area contributed by atoms with Gasteiger partial charge in [-0.1, -0.05) is 57.9 Å². The van der Waals surface area contributed by atoms with Crippen LogP contribution in [0.4, 0.5) is 11.6 Å². The molecule has 1 heterocycles. The van der Waals surface area contributed by atoms with Crippen LogP contribution in [0.3, 0.4) is 0 Å². The molecule has 0 spiro atoms. The van der Waals surface area contributed by atoms with Gasteiger partial charge in [0.25, 0.3) is 0 Å². The Morgan fingerprint density at radius 2 is 2.00 bits per heavy atom. The van der Waals surface area contributed by atoms with Gasteiger partial charge in [0.2, 0.25) is 11.7 Å². The van der Waals surface area contributed by atoms with Gasteiger partial charge in [-0.2, -0.15) is 4.98 Å². The number of halogens is 2. The second-order valence-electron chi connectivity index (χ2n) is 5.30. The van der Waals surface area contributed by atoms with Crippen molar-refractivity contribution in [1.29, 1.82) is 0 Å². The maximum atomic E-state index is 12.1. The van der Waals surface area contributed by atoms with Crippen molar-refractivity contribution in [1.82, 2.24) is 9.55 Å². The van der Waals surface area contributed by atoms with Crippen LogP contribution in [0.25, 0.3) is 0 Å². The van der Waals surface area contributed by atoms with E-state index in [1.165, 1.54) is 7.11 Å². The van der Waals surface area contributed by atoms with Crippen molar-refractivity contribution in [3.63, 3.8) is 0 Å². The molecule has 7 heteroatoms. The minimum Gasteiger partial charge on any atom is -0.490 e. The Labute approximate surface area is 158 Å². The molecule has 0 amide bonds. The number of methoxy groups -OCH3 is 1. The number of anilines is 2. The Morgan fingerprint density at radius 1 is 1.24 bits per heavy atom. The van der Waals surface area contributed by atoms with Crippen LogP contribution in [0.1, 0.15) is 5.56 Å². The third kappa shape index (κ3) is 4.21. The van der Waals surface area contributed by atoms with Gasteiger partial charge >= 0.3 is 5.56 Å². The van der Waals surface area contributed by atoms with E-state index < -0.39 is 5.56 Å². The molecule has 3 rings (SSSR count). The SMILES string of the molecule is COc1cn(Cc2ccccc2)c(Nc2cc(Br)ccc2Cl)nc1=O. The second kappa shape index (κ2) is 7.72. The lowest BCUT2D eigenvalue weighted by Gasteiger charge is -2.16. The average Bonchev–Trinajstić information content (AvgIpc) is 2.61. The molecule has 0 bridgehead atoms. The van der Waals surface area contributed by atoms with Crippen molar-refractivity contribution in [3.05, 3.63) is 80.1 Å². The van der Waals surface area contributed by atoms with Crippen molar-refractivity contribution in [3.8, 4) is 5.75 Å². The standard InChI is InChI=1S/C18H15BrClN3O2/c1-25-16-11-23(10-12-5-3-2-4-6-12)18(22-17(16)24)21-15-9-13(19)7-8-14(15)20/h2-9,11H,10H2,1H3,(H,21,22,24). The number of benzene rings is 2. The highest BCUT2D eigenvalue weighted by Crippen LogP contribution is 2.28. The summed E-state index contributed by atoms with van der Waals surface area (Å²) >= 11 is 9.65. The third-order valence-corrected chi connectivity index (χ3v) is 4.38. The first-order valence-electron chi connectivity index (χ1n) is 7.48. The highest BCUT2D eigenvalue weighted by molar-refractivity contribution is 9.10. The molecule has 0 atom stereocenters. The van der Waals surface area contributed by atoms with Crippen molar-refractivity contribution in [2.45, 2.75) is 6.54 Å². The lowest BCUT2D eigenvalue weighted by molar-refractivity contribution is 0.402. The molecule has 1 aromatic heterocycles. The molecule has 0 radical (unpaired) electrons. The number of aromatic nitrogens is 2. The normalized spacial score (nSPS) is 10.5. The highest BCUT2D eigenvalue weighted by atomic mass is 79.9. The fourth-order valence-corrected chi connectivity index (χ4v) is 2.85. The third-order valence-electron chi connectivity index (χ3n) is 3.55. The maximum Gasteiger partial charge on any atom is 0.316 e. The van der Waals surface area contributed by atoms with Gasteiger partial charge < -0.3 is 14.6 Å². The number of ether oxygens (including phenoxy) is 1. The van der Waals surface area contributed by atoms with E-state index in [2.05, 4.69) is 26.2 Å². The van der Waals surface area contributed by atoms with E-state index in [0.29, 0.717) is 23.2 Å². The van der Waals surface area contributed by atoms with Gasteiger partial charge in [0.15, 0.2) is 0 Å². The molecule has 0 saturated heterocycles. The molecule has 2 aromatic carbocycles. The molecule has 128 valence electrons. The van der Waals surface area contributed by atoms with Crippen LogP contribution in [-0.2, 0) is 6.54 Å². The summed E-state index contributed by atoms with van der Waals surface area (Å²) in [5.74, 6) is 0.566. The van der Waals surface area contributed by atoms with Crippen molar-refractivity contribution < 1.29 is 4.74 Å². The van der Waals surface area contributed by atoms with Gasteiger partial charge in [-0.3, -0.25) is 4.79 Å². The van der Waals surface area contributed by atoms with Crippen LogP contribution in [0, 0.1) is 0 Å². The van der Waals surface area contributed by atoms with Crippen molar-refractivity contribution in [2.75, 3.05) is 12.4 Å². The van der Waals surface area contributed by atoms with E-state index in [0.717, 1.165) is 10.0 Å². The van der Waals surface area contributed by atoms with Gasteiger partial charge in [-0.05, 0) is 23.8 Å². The van der Waals surface area contributed by atoms with Crippen molar-refractivity contribution in [2.24, 2.45) is 0 Å². The first kappa shape index (κ1) is 17.5. The summed E-state index contributed by atoms with van der Waals surface area (Å²) in [7, 11) is 1.45. The lowest BCUT2D eigenvalue weighted by atomic mass is 10.2. The molecule has 0 aliphatic heterocycles. The molecular weight excluding hydrogens is 406 g/mol. The summed E-state index contributed by atoms with van der Waals surface area (Å²) in [5, 5.41) is 3.66. The molecule has 0 saturated carbocycles. The molecule has 0 aliphatic rings. The van der Waals surface area contributed by atoms with Crippen molar-refractivity contribution >= 4 is 39.2 Å². The Balaban J connectivity index is 2.03. The lowest BCUT2D eigenvalue weighted by Crippen LogP contribution is -2.18. The summed E-state index contributed by atoms with van der Waals surface area (Å²) in [5.41, 5.74) is 1.27. The number of hydrogen-bond donors (Lipinski definition) is 1. The second-order valence-corrected chi connectivity index (χ2v) is 6.62. The molecule has 0 unspecified atom stereocenters. The molecule has 0 fully saturated rings. The smallest absolute Gasteiger partial charge is 0.316 e. The number of nitrogens with one attached hydrogen (secondary N) is 1. The summed E-state index contributed by atoms with van der Waals surface area (Å²) in [6.45, 7) is 0.526. The van der Waals surface area contributed by atoms with E-state index in [-0.39, 0.29) is 5.75 Å². The number of rotatable bonds is 5. The Kier molecular flexibility index (Phi) is 5.40. The molecule has 25 heavy (non-hydrogen) atoms. The van der Waals surface area contributed by atoms with E-state index in [1.807, 2.05) is 47.0 Å². The number of nitrogens with zero attached hydrogens (tertiary/aromatic N) is 2. The summed E-state index contributed by atoms with van der Waals surface area (Å²) in [4.78, 5) is 16.2. The fraction of sp³-hybridized carbons (Fsp3) is 0.111. The monoisotopic (exact) mass is 419 g/mol. The van der Waals surface area contributed by atoms with E-state index in [1.54, 1.807) is 12.3 Å². The van der Waals surface area contributed by atoms with Crippen LogP contribution >= 0.6 is 27.5 Å². The molecule has 1 N–H and O–H groups in total. The maximum absolute atomic E-state index is 12.1. The predicted molar refractivity (Wildman–Crippen MR) is 103 cm³/mol. The Hall–Kier alpha value is -2.31. The summed E-state index contributed by atoms with van der Waals surface area (Å²) < 4.78 is 7.79. The van der Waals surface area contributed by atoms with Gasteiger partial charge in [0.05, 0.1) is 30.6 Å². The topological polar surface area (TPSA) is 56.1 Å². The zero-order valence-electron chi connectivity index (χ0n) is 13.4.